The van der Waals surface area contributed by atoms with Crippen molar-refractivity contribution in [3.05, 3.63) is 71.8 Å². The molecule has 1 aliphatic rings. The Balaban J connectivity index is 1.95. The van der Waals surface area contributed by atoms with E-state index in [4.69, 9.17) is 0 Å². The third kappa shape index (κ3) is 3.45. The minimum Gasteiger partial charge on any atom is -0.411 e. The second kappa shape index (κ2) is 7.42. The molecule has 120 valence electrons. The summed E-state index contributed by atoms with van der Waals surface area (Å²) in [5.74, 6) is 0.243. The minimum atomic E-state index is 0.181. The predicted octanol–water partition coefficient (Wildman–Crippen LogP) is 4.71. The van der Waals surface area contributed by atoms with Crippen LogP contribution in [0.1, 0.15) is 49.4 Å². The number of nitrogens with zero attached hydrogens (tertiary/aromatic N) is 1. The van der Waals surface area contributed by atoms with Gasteiger partial charge in [-0.1, -0.05) is 79.2 Å². The van der Waals surface area contributed by atoms with Crippen LogP contribution >= 0.6 is 0 Å². The van der Waals surface area contributed by atoms with Gasteiger partial charge in [-0.2, -0.15) is 0 Å². The van der Waals surface area contributed by atoms with Gasteiger partial charge < -0.3 is 10.5 Å². The van der Waals surface area contributed by atoms with Crippen molar-refractivity contribution < 1.29 is 5.21 Å². The largest absolute Gasteiger partial charge is 0.411 e. The SMILES string of the molecule is CCC[C@H]1/C(=N\O)C[C@@H](c2ccccc2)N[C@H]1c1ccccc1. The lowest BCUT2D eigenvalue weighted by molar-refractivity contribution is 0.284. The van der Waals surface area contributed by atoms with Crippen LogP contribution in [0.2, 0.25) is 0 Å². The summed E-state index contributed by atoms with van der Waals surface area (Å²) in [6, 6.07) is 21.3. The van der Waals surface area contributed by atoms with E-state index < -0.39 is 0 Å². The summed E-state index contributed by atoms with van der Waals surface area (Å²) < 4.78 is 0. The summed E-state index contributed by atoms with van der Waals surface area (Å²) in [6.07, 6.45) is 2.85. The third-order valence-corrected chi connectivity index (χ3v) is 4.71. The molecule has 0 aromatic heterocycles. The zero-order chi connectivity index (χ0) is 16.1. The van der Waals surface area contributed by atoms with Crippen LogP contribution in [0, 0.1) is 5.92 Å². The molecule has 2 aromatic rings. The van der Waals surface area contributed by atoms with E-state index in [9.17, 15) is 5.21 Å². The Morgan fingerprint density at radius 3 is 2.17 bits per heavy atom. The van der Waals surface area contributed by atoms with Crippen LogP contribution in [0.15, 0.2) is 65.8 Å². The van der Waals surface area contributed by atoms with Crippen LogP contribution in [-0.4, -0.2) is 10.9 Å². The summed E-state index contributed by atoms with van der Waals surface area (Å²) in [5, 5.41) is 17.0. The quantitative estimate of drug-likeness (QED) is 0.634. The van der Waals surface area contributed by atoms with Crippen molar-refractivity contribution in [2.75, 3.05) is 0 Å². The molecule has 0 spiro atoms. The highest BCUT2D eigenvalue weighted by atomic mass is 16.4. The van der Waals surface area contributed by atoms with Crippen LogP contribution < -0.4 is 5.32 Å². The topological polar surface area (TPSA) is 44.6 Å². The fourth-order valence-corrected chi connectivity index (χ4v) is 3.59. The molecule has 0 radical (unpaired) electrons. The smallest absolute Gasteiger partial charge is 0.0639 e. The van der Waals surface area contributed by atoms with Crippen molar-refractivity contribution in [1.82, 2.24) is 5.32 Å². The second-order valence-electron chi connectivity index (χ2n) is 6.21. The van der Waals surface area contributed by atoms with Gasteiger partial charge in [0.2, 0.25) is 0 Å². The molecular formula is C20H24N2O. The lowest BCUT2D eigenvalue weighted by atomic mass is 9.78. The molecule has 3 rings (SSSR count). The van der Waals surface area contributed by atoms with E-state index in [-0.39, 0.29) is 18.0 Å². The van der Waals surface area contributed by atoms with E-state index in [1.165, 1.54) is 11.1 Å². The van der Waals surface area contributed by atoms with E-state index in [0.717, 1.165) is 25.0 Å². The van der Waals surface area contributed by atoms with E-state index in [2.05, 4.69) is 65.9 Å². The number of benzene rings is 2. The van der Waals surface area contributed by atoms with E-state index in [0.29, 0.717) is 0 Å². The van der Waals surface area contributed by atoms with Gasteiger partial charge in [0.15, 0.2) is 0 Å². The van der Waals surface area contributed by atoms with Gasteiger partial charge in [0.25, 0.3) is 0 Å². The van der Waals surface area contributed by atoms with E-state index >= 15 is 0 Å². The van der Waals surface area contributed by atoms with Gasteiger partial charge >= 0.3 is 0 Å². The van der Waals surface area contributed by atoms with Crippen LogP contribution in [-0.2, 0) is 0 Å². The van der Waals surface area contributed by atoms with Crippen LogP contribution in [0.3, 0.4) is 0 Å². The van der Waals surface area contributed by atoms with Gasteiger partial charge in [0.1, 0.15) is 0 Å². The van der Waals surface area contributed by atoms with Gasteiger partial charge in [0.05, 0.1) is 5.71 Å². The predicted molar refractivity (Wildman–Crippen MR) is 93.7 cm³/mol. The molecule has 1 saturated heterocycles. The fraction of sp³-hybridized carbons (Fsp3) is 0.350. The molecule has 3 atom stereocenters. The Morgan fingerprint density at radius 1 is 1.00 bits per heavy atom. The zero-order valence-electron chi connectivity index (χ0n) is 13.5. The number of nitrogens with one attached hydrogen (secondary N) is 1. The molecule has 0 unspecified atom stereocenters. The third-order valence-electron chi connectivity index (χ3n) is 4.71. The van der Waals surface area contributed by atoms with Crippen LogP contribution in [0.4, 0.5) is 0 Å². The molecule has 1 aliphatic heterocycles. The summed E-state index contributed by atoms with van der Waals surface area (Å²) in [6.45, 7) is 2.18. The molecule has 1 heterocycles. The summed E-state index contributed by atoms with van der Waals surface area (Å²) in [7, 11) is 0. The Hall–Kier alpha value is -2.13. The first kappa shape index (κ1) is 15.8. The lowest BCUT2D eigenvalue weighted by Gasteiger charge is -2.38. The highest BCUT2D eigenvalue weighted by molar-refractivity contribution is 5.88. The highest BCUT2D eigenvalue weighted by Gasteiger charge is 2.35. The normalized spacial score (nSPS) is 26.3. The Kier molecular flexibility index (Phi) is 5.09. The first-order valence-electron chi connectivity index (χ1n) is 8.40. The first-order valence-corrected chi connectivity index (χ1v) is 8.40. The maximum absolute atomic E-state index is 9.58. The number of hydrogen-bond acceptors (Lipinski definition) is 3. The number of rotatable bonds is 4. The van der Waals surface area contributed by atoms with Crippen molar-refractivity contribution in [2.45, 2.75) is 38.3 Å². The standard InChI is InChI=1S/C20H24N2O/c1-2-9-17-19(22-23)14-18(15-10-5-3-6-11-15)21-20(17)16-12-7-4-8-13-16/h3-8,10-13,17-18,20-21,23H,2,9,14H2,1H3/b22-19-/t17-,18-,20-/m0/s1. The summed E-state index contributed by atoms with van der Waals surface area (Å²) in [5.41, 5.74) is 3.41. The van der Waals surface area contributed by atoms with E-state index in [1.54, 1.807) is 0 Å². The van der Waals surface area contributed by atoms with Crippen molar-refractivity contribution in [2.24, 2.45) is 11.1 Å². The van der Waals surface area contributed by atoms with Crippen LogP contribution in [0.5, 0.6) is 0 Å². The number of hydrogen-bond donors (Lipinski definition) is 2. The number of piperidine rings is 1. The molecule has 0 saturated carbocycles. The van der Waals surface area contributed by atoms with Gasteiger partial charge in [-0.25, -0.2) is 0 Å². The molecule has 23 heavy (non-hydrogen) atoms. The van der Waals surface area contributed by atoms with Crippen molar-refractivity contribution in [3.8, 4) is 0 Å². The molecule has 3 nitrogen and oxygen atoms in total. The number of oxime groups is 1. The summed E-state index contributed by atoms with van der Waals surface area (Å²) in [4.78, 5) is 0. The van der Waals surface area contributed by atoms with Gasteiger partial charge in [-0.05, 0) is 17.5 Å². The average molecular weight is 308 g/mol. The first-order chi connectivity index (χ1) is 11.3. The van der Waals surface area contributed by atoms with Crippen molar-refractivity contribution in [3.63, 3.8) is 0 Å². The molecule has 0 amide bonds. The monoisotopic (exact) mass is 308 g/mol. The molecule has 2 aromatic carbocycles. The molecular weight excluding hydrogens is 284 g/mol. The van der Waals surface area contributed by atoms with E-state index in [1.807, 2.05) is 12.1 Å². The molecule has 3 heteroatoms. The summed E-state index contributed by atoms with van der Waals surface area (Å²) >= 11 is 0. The van der Waals surface area contributed by atoms with Crippen LogP contribution in [0.25, 0.3) is 0 Å². The molecule has 1 fully saturated rings. The fourth-order valence-electron chi connectivity index (χ4n) is 3.59. The second-order valence-corrected chi connectivity index (χ2v) is 6.21. The van der Waals surface area contributed by atoms with Crippen molar-refractivity contribution >= 4 is 5.71 Å². The molecule has 0 bridgehead atoms. The Morgan fingerprint density at radius 2 is 1.61 bits per heavy atom. The average Bonchev–Trinajstić information content (AvgIpc) is 2.63. The lowest BCUT2D eigenvalue weighted by Crippen LogP contribution is -2.42. The Labute approximate surface area is 138 Å². The maximum Gasteiger partial charge on any atom is 0.0639 e. The minimum absolute atomic E-state index is 0.181. The Bertz CT molecular complexity index is 639. The van der Waals surface area contributed by atoms with Gasteiger partial charge in [-0.3, -0.25) is 0 Å². The maximum atomic E-state index is 9.58. The highest BCUT2D eigenvalue weighted by Crippen LogP contribution is 2.37. The van der Waals surface area contributed by atoms with Crippen molar-refractivity contribution in [1.29, 1.82) is 0 Å². The molecule has 2 N–H and O–H groups in total. The molecule has 0 aliphatic carbocycles. The zero-order valence-corrected chi connectivity index (χ0v) is 13.5. The van der Waals surface area contributed by atoms with Gasteiger partial charge in [-0.15, -0.1) is 0 Å². The van der Waals surface area contributed by atoms with Gasteiger partial charge in [0, 0.05) is 24.4 Å².